The van der Waals surface area contributed by atoms with Gasteiger partial charge in [-0.1, -0.05) is 0 Å². The van der Waals surface area contributed by atoms with E-state index in [0.717, 1.165) is 0 Å². The zero-order valence-electron chi connectivity index (χ0n) is 4.71. The van der Waals surface area contributed by atoms with Crippen LogP contribution in [0.25, 0.3) is 0 Å². The number of ether oxygens (including phenoxy) is 1. The van der Waals surface area contributed by atoms with E-state index in [1.807, 2.05) is 0 Å². The fourth-order valence-corrected chi connectivity index (χ4v) is 0.733. The van der Waals surface area contributed by atoms with Crippen LogP contribution in [0.2, 0.25) is 0 Å². The Morgan fingerprint density at radius 1 is 1.89 bits per heavy atom. The van der Waals surface area contributed by atoms with E-state index < -0.39 is 24.9 Å². The molecule has 0 radical (unpaired) electrons. The number of aliphatic hydroxyl groups excluding tert-OH is 1. The summed E-state index contributed by atoms with van der Waals surface area (Å²) in [5.74, 6) is -0.568. The first-order valence-electron chi connectivity index (χ1n) is 2.68. The number of cyclic esters (lactones) is 1. The van der Waals surface area contributed by atoms with E-state index in [4.69, 9.17) is 5.11 Å². The van der Waals surface area contributed by atoms with Crippen molar-refractivity contribution in [1.82, 2.24) is 0 Å². The first-order valence-corrected chi connectivity index (χ1v) is 2.68. The predicted molar refractivity (Wildman–Crippen MR) is 26.5 cm³/mol. The van der Waals surface area contributed by atoms with Gasteiger partial charge in [0.1, 0.15) is 6.17 Å². The highest BCUT2D eigenvalue weighted by Gasteiger charge is 2.33. The normalized spacial score (nSPS) is 34.7. The van der Waals surface area contributed by atoms with E-state index in [9.17, 15) is 9.18 Å². The van der Waals surface area contributed by atoms with Gasteiger partial charge in [-0.15, -0.1) is 0 Å². The zero-order chi connectivity index (χ0) is 6.85. The molecule has 2 atom stereocenters. The summed E-state index contributed by atoms with van der Waals surface area (Å²) in [5, 5.41) is 8.34. The highest BCUT2D eigenvalue weighted by Crippen LogP contribution is 2.17. The molecule has 0 aromatic heterocycles. The second-order valence-corrected chi connectivity index (χ2v) is 1.93. The lowest BCUT2D eigenvalue weighted by Crippen LogP contribution is -2.20. The van der Waals surface area contributed by atoms with Gasteiger partial charge in [-0.2, -0.15) is 0 Å². The summed E-state index contributed by atoms with van der Waals surface area (Å²) in [6.07, 6.45) is -2.45. The van der Waals surface area contributed by atoms with E-state index in [1.165, 1.54) is 0 Å². The lowest BCUT2D eigenvalue weighted by Gasteiger charge is -2.05. The summed E-state index contributed by atoms with van der Waals surface area (Å²) in [7, 11) is 0. The van der Waals surface area contributed by atoms with Gasteiger partial charge in [-0.3, -0.25) is 4.79 Å². The molecule has 1 aliphatic heterocycles. The average Bonchev–Trinajstić information content (AvgIpc) is 2.10. The maximum absolute atomic E-state index is 12.3. The largest absolute Gasteiger partial charge is 0.457 e. The second-order valence-electron chi connectivity index (χ2n) is 1.93. The van der Waals surface area contributed by atoms with Gasteiger partial charge in [-0.25, -0.2) is 4.39 Å². The molecule has 1 fully saturated rings. The van der Waals surface area contributed by atoms with Crippen molar-refractivity contribution in [1.29, 1.82) is 0 Å². The molecule has 1 aliphatic rings. The molecule has 52 valence electrons. The van der Waals surface area contributed by atoms with Gasteiger partial charge in [0.05, 0.1) is 13.0 Å². The van der Waals surface area contributed by atoms with E-state index in [0.29, 0.717) is 0 Å². The molecular weight excluding hydrogens is 127 g/mol. The molecule has 3 nitrogen and oxygen atoms in total. The Kier molecular flexibility index (Phi) is 1.66. The fraction of sp³-hybridized carbons (Fsp3) is 0.800. The summed E-state index contributed by atoms with van der Waals surface area (Å²) in [6.45, 7) is -0.424. The van der Waals surface area contributed by atoms with Crippen molar-refractivity contribution in [2.75, 3.05) is 6.61 Å². The highest BCUT2D eigenvalue weighted by atomic mass is 19.1. The van der Waals surface area contributed by atoms with Crippen LogP contribution in [0.5, 0.6) is 0 Å². The first kappa shape index (κ1) is 6.48. The van der Waals surface area contributed by atoms with E-state index in [1.54, 1.807) is 0 Å². The molecular formula is C5H7FO3. The summed E-state index contributed by atoms with van der Waals surface area (Å²) in [4.78, 5) is 10.2. The Bertz CT molecular complexity index is 125. The molecule has 4 heteroatoms. The highest BCUT2D eigenvalue weighted by molar-refractivity contribution is 5.72. The number of aliphatic hydroxyl groups is 1. The molecule has 0 saturated carbocycles. The monoisotopic (exact) mass is 134 g/mol. The molecule has 9 heavy (non-hydrogen) atoms. The quantitative estimate of drug-likeness (QED) is 0.498. The SMILES string of the molecule is O=C1C[C@H](F)[C@@H](CO)O1. The summed E-state index contributed by atoms with van der Waals surface area (Å²) < 4.78 is 16.7. The van der Waals surface area contributed by atoms with Gasteiger partial charge >= 0.3 is 5.97 Å². The van der Waals surface area contributed by atoms with Crippen LogP contribution < -0.4 is 0 Å². The Labute approximate surface area is 51.4 Å². The van der Waals surface area contributed by atoms with Gasteiger partial charge in [0.15, 0.2) is 6.10 Å². The second kappa shape index (κ2) is 2.31. The van der Waals surface area contributed by atoms with Crippen molar-refractivity contribution < 1.29 is 19.0 Å². The van der Waals surface area contributed by atoms with E-state index in [-0.39, 0.29) is 6.42 Å². The molecule has 1 heterocycles. The molecule has 1 N–H and O–H groups in total. The van der Waals surface area contributed by atoms with E-state index >= 15 is 0 Å². The van der Waals surface area contributed by atoms with Gasteiger partial charge in [0.25, 0.3) is 0 Å². The van der Waals surface area contributed by atoms with Gasteiger partial charge in [0, 0.05) is 0 Å². The van der Waals surface area contributed by atoms with Crippen LogP contribution in [0, 0.1) is 0 Å². The third kappa shape index (κ3) is 1.18. The Morgan fingerprint density at radius 2 is 2.56 bits per heavy atom. The number of hydrogen-bond acceptors (Lipinski definition) is 3. The smallest absolute Gasteiger partial charge is 0.309 e. The van der Waals surface area contributed by atoms with Gasteiger partial charge in [0.2, 0.25) is 0 Å². The minimum absolute atomic E-state index is 0.217. The van der Waals surface area contributed by atoms with Crippen LogP contribution >= 0.6 is 0 Å². The van der Waals surface area contributed by atoms with Crippen LogP contribution in [0.15, 0.2) is 0 Å². The van der Waals surface area contributed by atoms with Crippen LogP contribution in [0.3, 0.4) is 0 Å². The van der Waals surface area contributed by atoms with Crippen molar-refractivity contribution in [3.8, 4) is 0 Å². The van der Waals surface area contributed by atoms with Crippen molar-refractivity contribution in [3.63, 3.8) is 0 Å². The number of carbonyl (C=O) groups is 1. The standard InChI is InChI=1S/C5H7FO3/c6-3-1-5(8)9-4(3)2-7/h3-4,7H,1-2H2/t3-,4+/m0/s1. The number of halogens is 1. The number of hydrogen-bond donors (Lipinski definition) is 1. The van der Waals surface area contributed by atoms with Crippen molar-refractivity contribution >= 4 is 5.97 Å². The van der Waals surface area contributed by atoms with Crippen LogP contribution in [0.4, 0.5) is 4.39 Å². The van der Waals surface area contributed by atoms with Crippen LogP contribution in [-0.4, -0.2) is 30.0 Å². The van der Waals surface area contributed by atoms with Crippen molar-refractivity contribution in [2.45, 2.75) is 18.7 Å². The fourth-order valence-electron chi connectivity index (χ4n) is 0.733. The first-order chi connectivity index (χ1) is 4.24. The average molecular weight is 134 g/mol. The van der Waals surface area contributed by atoms with E-state index in [2.05, 4.69) is 4.74 Å². The zero-order valence-corrected chi connectivity index (χ0v) is 4.71. The minimum atomic E-state index is -1.32. The summed E-state index contributed by atoms with van der Waals surface area (Å²) in [5.41, 5.74) is 0. The third-order valence-corrected chi connectivity index (χ3v) is 1.23. The van der Waals surface area contributed by atoms with Crippen LogP contribution in [0.1, 0.15) is 6.42 Å². The summed E-state index contributed by atoms with van der Waals surface area (Å²) in [6, 6.07) is 0. The van der Waals surface area contributed by atoms with Crippen molar-refractivity contribution in [2.24, 2.45) is 0 Å². The molecule has 0 aromatic carbocycles. The maximum atomic E-state index is 12.3. The topological polar surface area (TPSA) is 46.5 Å². The number of carbonyl (C=O) groups excluding carboxylic acids is 1. The molecule has 0 bridgehead atoms. The minimum Gasteiger partial charge on any atom is -0.457 e. The number of rotatable bonds is 1. The Balaban J connectivity index is 2.47. The van der Waals surface area contributed by atoms with Crippen LogP contribution in [-0.2, 0) is 9.53 Å². The molecule has 0 aromatic rings. The molecule has 1 saturated heterocycles. The summed E-state index contributed by atoms with van der Waals surface area (Å²) >= 11 is 0. The molecule has 1 rings (SSSR count). The molecule has 0 unspecified atom stereocenters. The maximum Gasteiger partial charge on any atom is 0.309 e. The number of esters is 1. The van der Waals surface area contributed by atoms with Gasteiger partial charge < -0.3 is 9.84 Å². The van der Waals surface area contributed by atoms with Crippen molar-refractivity contribution in [3.05, 3.63) is 0 Å². The Morgan fingerprint density at radius 3 is 2.78 bits per heavy atom. The molecule has 0 aliphatic carbocycles. The third-order valence-electron chi connectivity index (χ3n) is 1.23. The Hall–Kier alpha value is -0.640. The van der Waals surface area contributed by atoms with Gasteiger partial charge in [-0.05, 0) is 0 Å². The molecule has 0 amide bonds. The molecule has 0 spiro atoms. The lowest BCUT2D eigenvalue weighted by molar-refractivity contribution is -0.142. The predicted octanol–water partition coefficient (Wildman–Crippen LogP) is -0.368. The lowest BCUT2D eigenvalue weighted by atomic mass is 10.2. The number of alkyl halides is 1.